The summed E-state index contributed by atoms with van der Waals surface area (Å²) in [5.41, 5.74) is 1.79. The monoisotopic (exact) mass is 380 g/mol. The van der Waals surface area contributed by atoms with Crippen molar-refractivity contribution in [2.24, 2.45) is 0 Å². The molecule has 0 saturated heterocycles. The molecule has 3 nitrogen and oxygen atoms in total. The Morgan fingerprint density at radius 1 is 1.20 bits per heavy atom. The minimum absolute atomic E-state index is 0.634. The second-order valence-electron chi connectivity index (χ2n) is 4.27. The van der Waals surface area contributed by atoms with Crippen LogP contribution in [0.3, 0.4) is 0 Å². The van der Waals surface area contributed by atoms with E-state index in [9.17, 15) is 4.79 Å². The fraction of sp³-hybridized carbons (Fsp3) is 0.0625. The van der Waals surface area contributed by atoms with E-state index in [0.717, 1.165) is 26.5 Å². The average Bonchev–Trinajstić information content (AvgIpc) is 2.41. The lowest BCUT2D eigenvalue weighted by Gasteiger charge is -2.09. The lowest BCUT2D eigenvalue weighted by molar-refractivity contribution is -0.131. The van der Waals surface area contributed by atoms with E-state index in [4.69, 9.17) is 9.84 Å². The van der Waals surface area contributed by atoms with Gasteiger partial charge in [0.15, 0.2) is 0 Å². The Hall–Kier alpha value is -1.82. The van der Waals surface area contributed by atoms with E-state index in [2.05, 4.69) is 22.6 Å². The number of ether oxygens (including phenoxy) is 1. The normalized spacial score (nSPS) is 10.7. The van der Waals surface area contributed by atoms with Crippen LogP contribution >= 0.6 is 22.6 Å². The summed E-state index contributed by atoms with van der Waals surface area (Å²) in [5.74, 6) is 0.375. The summed E-state index contributed by atoms with van der Waals surface area (Å²) in [5, 5.41) is 8.73. The summed E-state index contributed by atoms with van der Waals surface area (Å²) in [4.78, 5) is 10.6. The third-order valence-corrected chi connectivity index (χ3v) is 3.33. The molecule has 20 heavy (non-hydrogen) atoms. The number of rotatable bonds is 4. The maximum Gasteiger partial charge on any atom is 0.328 e. The molecule has 0 aliphatic carbocycles. The molecule has 0 aliphatic heterocycles. The lowest BCUT2D eigenvalue weighted by Crippen LogP contribution is -1.90. The lowest BCUT2D eigenvalue weighted by atomic mass is 10.1. The Balaban J connectivity index is 2.30. The second kappa shape index (κ2) is 6.56. The minimum Gasteiger partial charge on any atom is -0.478 e. The van der Waals surface area contributed by atoms with Crippen molar-refractivity contribution in [3.05, 3.63) is 63.2 Å². The van der Waals surface area contributed by atoms with Crippen molar-refractivity contribution in [3.8, 4) is 11.5 Å². The zero-order chi connectivity index (χ0) is 14.5. The van der Waals surface area contributed by atoms with Gasteiger partial charge in [0.2, 0.25) is 0 Å². The molecule has 4 heteroatoms. The van der Waals surface area contributed by atoms with Gasteiger partial charge in [0, 0.05) is 15.2 Å². The van der Waals surface area contributed by atoms with E-state index in [-0.39, 0.29) is 0 Å². The first kappa shape index (κ1) is 14.6. The number of aryl methyl sites for hydroxylation is 1. The Morgan fingerprint density at radius 3 is 2.55 bits per heavy atom. The summed E-state index contributed by atoms with van der Waals surface area (Å²) in [6.07, 6.45) is 2.65. The van der Waals surface area contributed by atoms with Crippen molar-refractivity contribution in [1.82, 2.24) is 0 Å². The standard InChI is InChI=1S/C16H13IO3/c1-11-2-8-15(12(10-11)3-9-16(18)19)20-14-6-4-13(17)5-7-14/h2-10H,1H3,(H,18,19)/b9-3+. The van der Waals surface area contributed by atoms with Gasteiger partial charge in [-0.05, 0) is 72.0 Å². The highest BCUT2D eigenvalue weighted by Gasteiger charge is 2.04. The van der Waals surface area contributed by atoms with Gasteiger partial charge in [0.25, 0.3) is 0 Å². The number of carboxylic acid groups (broad SMARTS) is 1. The fourth-order valence-corrected chi connectivity index (χ4v) is 2.04. The highest BCUT2D eigenvalue weighted by atomic mass is 127. The molecule has 0 radical (unpaired) electrons. The van der Waals surface area contributed by atoms with Gasteiger partial charge in [-0.1, -0.05) is 11.6 Å². The molecule has 1 N–H and O–H groups in total. The number of aliphatic carboxylic acids is 1. The number of benzene rings is 2. The largest absolute Gasteiger partial charge is 0.478 e. The van der Waals surface area contributed by atoms with Crippen molar-refractivity contribution < 1.29 is 14.6 Å². The molecule has 0 aliphatic rings. The van der Waals surface area contributed by atoms with E-state index in [1.54, 1.807) is 0 Å². The van der Waals surface area contributed by atoms with Crippen LogP contribution in [0.15, 0.2) is 48.5 Å². The zero-order valence-corrected chi connectivity index (χ0v) is 13.0. The number of halogens is 1. The van der Waals surface area contributed by atoms with Crippen LogP contribution in [0.1, 0.15) is 11.1 Å². The SMILES string of the molecule is Cc1ccc(Oc2ccc(I)cc2)c(/C=C/C(=O)O)c1. The van der Waals surface area contributed by atoms with Crippen molar-refractivity contribution in [3.63, 3.8) is 0 Å². The number of carbonyl (C=O) groups is 1. The molecular formula is C16H13IO3. The van der Waals surface area contributed by atoms with Crippen LogP contribution in [0.2, 0.25) is 0 Å². The predicted molar refractivity (Wildman–Crippen MR) is 87.1 cm³/mol. The number of hydrogen-bond acceptors (Lipinski definition) is 2. The van der Waals surface area contributed by atoms with Crippen molar-refractivity contribution >= 4 is 34.6 Å². The van der Waals surface area contributed by atoms with Gasteiger partial charge in [0.05, 0.1) is 0 Å². The average molecular weight is 380 g/mol. The molecule has 0 saturated carbocycles. The third kappa shape index (κ3) is 4.09. The molecule has 2 aromatic carbocycles. The van der Waals surface area contributed by atoms with Gasteiger partial charge in [-0.15, -0.1) is 0 Å². The molecule has 0 fully saturated rings. The molecule has 0 heterocycles. The second-order valence-corrected chi connectivity index (χ2v) is 5.51. The smallest absolute Gasteiger partial charge is 0.328 e. The van der Waals surface area contributed by atoms with E-state index in [1.165, 1.54) is 6.08 Å². The van der Waals surface area contributed by atoms with Crippen molar-refractivity contribution in [1.29, 1.82) is 0 Å². The molecule has 0 spiro atoms. The van der Waals surface area contributed by atoms with Crippen LogP contribution in [0.4, 0.5) is 0 Å². The van der Waals surface area contributed by atoms with Crippen molar-refractivity contribution in [2.45, 2.75) is 6.92 Å². The van der Waals surface area contributed by atoms with E-state index < -0.39 is 5.97 Å². The van der Waals surface area contributed by atoms with Gasteiger partial charge in [-0.2, -0.15) is 0 Å². The van der Waals surface area contributed by atoms with E-state index >= 15 is 0 Å². The van der Waals surface area contributed by atoms with Gasteiger partial charge in [-0.3, -0.25) is 0 Å². The molecule has 0 aromatic heterocycles. The van der Waals surface area contributed by atoms with Gasteiger partial charge < -0.3 is 9.84 Å². The maximum absolute atomic E-state index is 10.6. The van der Waals surface area contributed by atoms with Crippen LogP contribution in [0.5, 0.6) is 11.5 Å². The highest BCUT2D eigenvalue weighted by molar-refractivity contribution is 14.1. The zero-order valence-electron chi connectivity index (χ0n) is 10.8. The fourth-order valence-electron chi connectivity index (χ4n) is 1.68. The van der Waals surface area contributed by atoms with Crippen LogP contribution in [-0.4, -0.2) is 11.1 Å². The Labute approximate surface area is 131 Å². The van der Waals surface area contributed by atoms with Crippen LogP contribution in [0.25, 0.3) is 6.08 Å². The van der Waals surface area contributed by atoms with Crippen LogP contribution < -0.4 is 4.74 Å². The maximum atomic E-state index is 10.6. The topological polar surface area (TPSA) is 46.5 Å². The first-order valence-electron chi connectivity index (χ1n) is 6.00. The summed E-state index contributed by atoms with van der Waals surface area (Å²) >= 11 is 2.23. The summed E-state index contributed by atoms with van der Waals surface area (Å²) < 4.78 is 6.93. The Bertz CT molecular complexity index is 645. The van der Waals surface area contributed by atoms with E-state index in [1.807, 2.05) is 49.4 Å². The summed E-state index contributed by atoms with van der Waals surface area (Å²) in [6, 6.07) is 13.3. The molecule has 0 amide bonds. The molecule has 102 valence electrons. The highest BCUT2D eigenvalue weighted by Crippen LogP contribution is 2.27. The van der Waals surface area contributed by atoms with Gasteiger partial charge >= 0.3 is 5.97 Å². The molecule has 0 bridgehead atoms. The molecule has 0 atom stereocenters. The van der Waals surface area contributed by atoms with Crippen molar-refractivity contribution in [2.75, 3.05) is 0 Å². The minimum atomic E-state index is -0.980. The first-order chi connectivity index (χ1) is 9.54. The molecule has 2 rings (SSSR count). The Morgan fingerprint density at radius 2 is 1.90 bits per heavy atom. The number of carboxylic acids is 1. The van der Waals surface area contributed by atoms with Gasteiger partial charge in [-0.25, -0.2) is 4.79 Å². The van der Waals surface area contributed by atoms with E-state index in [0.29, 0.717) is 5.75 Å². The van der Waals surface area contributed by atoms with Gasteiger partial charge in [0.1, 0.15) is 11.5 Å². The Kier molecular flexibility index (Phi) is 4.79. The van der Waals surface area contributed by atoms with Crippen LogP contribution in [0, 0.1) is 10.5 Å². The summed E-state index contributed by atoms with van der Waals surface area (Å²) in [7, 11) is 0. The summed E-state index contributed by atoms with van der Waals surface area (Å²) in [6.45, 7) is 1.95. The molecule has 2 aromatic rings. The molecular weight excluding hydrogens is 367 g/mol. The van der Waals surface area contributed by atoms with Crippen LogP contribution in [-0.2, 0) is 4.79 Å². The third-order valence-electron chi connectivity index (χ3n) is 2.61. The first-order valence-corrected chi connectivity index (χ1v) is 7.07. The quantitative estimate of drug-likeness (QED) is 0.628. The molecule has 0 unspecified atom stereocenters. The number of hydrogen-bond donors (Lipinski definition) is 1. The predicted octanol–water partition coefficient (Wildman–Crippen LogP) is 4.49.